The Morgan fingerprint density at radius 1 is 1.26 bits per heavy atom. The van der Waals surface area contributed by atoms with Gasteiger partial charge in [-0.05, 0) is 20.3 Å². The lowest BCUT2D eigenvalue weighted by atomic mass is 10.1. The molecular weight excluding hydrogens is 238 g/mol. The van der Waals surface area contributed by atoms with E-state index in [1.165, 1.54) is 17.8 Å². The molecule has 0 aromatic carbocycles. The summed E-state index contributed by atoms with van der Waals surface area (Å²) in [6, 6.07) is 0.685. The molecule has 0 saturated carbocycles. The maximum absolute atomic E-state index is 5.88. The highest BCUT2D eigenvalue weighted by Crippen LogP contribution is 2.24. The third-order valence-electron chi connectivity index (χ3n) is 4.35. The number of rotatable bonds is 4. The van der Waals surface area contributed by atoms with Crippen LogP contribution in [-0.4, -0.2) is 46.9 Å². The van der Waals surface area contributed by atoms with Gasteiger partial charge in [0.15, 0.2) is 0 Å². The topological polar surface area (TPSA) is 50.3 Å². The average Bonchev–Trinajstić information content (AvgIpc) is 2.72. The number of hydrogen-bond acceptors (Lipinski definition) is 4. The maximum atomic E-state index is 5.88. The molecular formula is C14H27N5. The highest BCUT2D eigenvalue weighted by atomic mass is 15.4. The first-order valence-electron chi connectivity index (χ1n) is 7.30. The molecule has 2 heterocycles. The fourth-order valence-electron chi connectivity index (χ4n) is 2.96. The number of nitrogens with zero attached hydrogens (tertiary/aromatic N) is 4. The lowest BCUT2D eigenvalue weighted by Crippen LogP contribution is -2.50. The van der Waals surface area contributed by atoms with Gasteiger partial charge in [-0.15, -0.1) is 0 Å². The Bertz CT molecular complexity index is 418. The molecule has 0 radical (unpaired) electrons. The van der Waals surface area contributed by atoms with Crippen LogP contribution in [-0.2, 0) is 13.6 Å². The summed E-state index contributed by atoms with van der Waals surface area (Å²) in [7, 11) is 2.02. The van der Waals surface area contributed by atoms with Crippen LogP contribution in [0.3, 0.4) is 0 Å². The van der Waals surface area contributed by atoms with Gasteiger partial charge in [0, 0.05) is 51.4 Å². The zero-order valence-corrected chi connectivity index (χ0v) is 12.7. The number of piperazine rings is 1. The Balaban J connectivity index is 2.09. The summed E-state index contributed by atoms with van der Waals surface area (Å²) >= 11 is 0. The van der Waals surface area contributed by atoms with Crippen LogP contribution >= 0.6 is 0 Å². The molecule has 0 bridgehead atoms. The number of hydrogen-bond donors (Lipinski definition) is 1. The molecule has 1 aromatic heterocycles. The van der Waals surface area contributed by atoms with Crippen LogP contribution in [0.2, 0.25) is 0 Å². The zero-order valence-electron chi connectivity index (χ0n) is 12.7. The molecule has 108 valence electrons. The van der Waals surface area contributed by atoms with Crippen molar-refractivity contribution in [1.29, 1.82) is 0 Å². The standard InChI is InChI=1S/C14H27N5/c1-5-11(2)18-6-8-19(9-7-18)14-13(10-15)12(3)16-17(14)4/h11H,5-10,15H2,1-4H3. The van der Waals surface area contributed by atoms with Crippen LogP contribution < -0.4 is 10.6 Å². The predicted octanol–water partition coefficient (Wildman–Crippen LogP) is 1.11. The highest BCUT2D eigenvalue weighted by molar-refractivity contribution is 5.50. The van der Waals surface area contributed by atoms with Crippen LogP contribution in [0.5, 0.6) is 0 Å². The predicted molar refractivity (Wildman–Crippen MR) is 79.4 cm³/mol. The molecule has 0 aliphatic carbocycles. The molecule has 1 fully saturated rings. The fraction of sp³-hybridized carbons (Fsp3) is 0.786. The summed E-state index contributed by atoms with van der Waals surface area (Å²) in [5, 5.41) is 4.51. The first-order chi connectivity index (χ1) is 9.08. The maximum Gasteiger partial charge on any atom is 0.131 e. The third kappa shape index (κ3) is 2.77. The first kappa shape index (κ1) is 14.3. The van der Waals surface area contributed by atoms with Gasteiger partial charge in [-0.25, -0.2) is 0 Å². The smallest absolute Gasteiger partial charge is 0.131 e. The van der Waals surface area contributed by atoms with E-state index in [4.69, 9.17) is 5.73 Å². The van der Waals surface area contributed by atoms with E-state index >= 15 is 0 Å². The van der Waals surface area contributed by atoms with Gasteiger partial charge < -0.3 is 10.6 Å². The largest absolute Gasteiger partial charge is 0.354 e. The van der Waals surface area contributed by atoms with Crippen molar-refractivity contribution in [2.75, 3.05) is 31.1 Å². The molecule has 2 rings (SSSR count). The van der Waals surface area contributed by atoms with Crippen LogP contribution in [0.25, 0.3) is 0 Å². The highest BCUT2D eigenvalue weighted by Gasteiger charge is 2.24. The van der Waals surface area contributed by atoms with E-state index < -0.39 is 0 Å². The lowest BCUT2D eigenvalue weighted by molar-refractivity contribution is 0.192. The second-order valence-corrected chi connectivity index (χ2v) is 5.50. The molecule has 1 saturated heterocycles. The van der Waals surface area contributed by atoms with Crippen molar-refractivity contribution >= 4 is 5.82 Å². The van der Waals surface area contributed by atoms with Gasteiger partial charge in [0.1, 0.15) is 5.82 Å². The molecule has 1 aliphatic rings. The Labute approximate surface area is 116 Å². The third-order valence-corrected chi connectivity index (χ3v) is 4.35. The van der Waals surface area contributed by atoms with Gasteiger partial charge in [-0.3, -0.25) is 9.58 Å². The van der Waals surface area contributed by atoms with Crippen LogP contribution in [0, 0.1) is 6.92 Å². The van der Waals surface area contributed by atoms with Crippen molar-refractivity contribution in [3.8, 4) is 0 Å². The van der Waals surface area contributed by atoms with Crippen LogP contribution in [0.4, 0.5) is 5.82 Å². The molecule has 1 aliphatic heterocycles. The second kappa shape index (κ2) is 5.92. The molecule has 5 heteroatoms. The minimum absolute atomic E-state index is 0.570. The number of nitrogens with two attached hydrogens (primary N) is 1. The lowest BCUT2D eigenvalue weighted by Gasteiger charge is -2.39. The number of anilines is 1. The summed E-state index contributed by atoms with van der Waals surface area (Å²) in [5.41, 5.74) is 8.13. The van der Waals surface area contributed by atoms with E-state index in [1.807, 2.05) is 18.7 Å². The minimum atomic E-state index is 0.570. The van der Waals surface area contributed by atoms with Crippen molar-refractivity contribution in [2.24, 2.45) is 12.8 Å². The Morgan fingerprint density at radius 3 is 2.42 bits per heavy atom. The summed E-state index contributed by atoms with van der Waals surface area (Å²) in [6.45, 7) is 11.6. The molecule has 19 heavy (non-hydrogen) atoms. The zero-order chi connectivity index (χ0) is 14.0. The van der Waals surface area contributed by atoms with E-state index in [9.17, 15) is 0 Å². The average molecular weight is 265 g/mol. The summed E-state index contributed by atoms with van der Waals surface area (Å²) in [5.74, 6) is 1.21. The molecule has 1 aromatic rings. The van der Waals surface area contributed by atoms with Crippen LogP contribution in [0.15, 0.2) is 0 Å². The first-order valence-corrected chi connectivity index (χ1v) is 7.30. The van der Waals surface area contributed by atoms with E-state index in [0.717, 1.165) is 31.9 Å². The van der Waals surface area contributed by atoms with E-state index in [2.05, 4.69) is 28.7 Å². The van der Waals surface area contributed by atoms with Gasteiger partial charge in [-0.2, -0.15) is 5.10 Å². The van der Waals surface area contributed by atoms with Gasteiger partial charge in [0.2, 0.25) is 0 Å². The van der Waals surface area contributed by atoms with Crippen molar-refractivity contribution < 1.29 is 0 Å². The van der Waals surface area contributed by atoms with Gasteiger partial charge in [0.05, 0.1) is 5.69 Å². The van der Waals surface area contributed by atoms with Crippen molar-refractivity contribution in [2.45, 2.75) is 39.8 Å². The van der Waals surface area contributed by atoms with Crippen molar-refractivity contribution in [3.63, 3.8) is 0 Å². The van der Waals surface area contributed by atoms with Crippen LogP contribution in [0.1, 0.15) is 31.5 Å². The minimum Gasteiger partial charge on any atom is -0.354 e. The second-order valence-electron chi connectivity index (χ2n) is 5.50. The molecule has 0 amide bonds. The van der Waals surface area contributed by atoms with Crippen molar-refractivity contribution in [3.05, 3.63) is 11.3 Å². The molecule has 2 N–H and O–H groups in total. The fourth-order valence-corrected chi connectivity index (χ4v) is 2.96. The number of aryl methyl sites for hydroxylation is 2. The summed E-state index contributed by atoms with van der Waals surface area (Å²) < 4.78 is 1.98. The van der Waals surface area contributed by atoms with Gasteiger partial charge in [0.25, 0.3) is 0 Å². The quantitative estimate of drug-likeness (QED) is 0.886. The van der Waals surface area contributed by atoms with E-state index in [-0.39, 0.29) is 0 Å². The Hall–Kier alpha value is -1.07. The Morgan fingerprint density at radius 2 is 1.89 bits per heavy atom. The monoisotopic (exact) mass is 265 g/mol. The molecule has 0 spiro atoms. The molecule has 5 nitrogen and oxygen atoms in total. The van der Waals surface area contributed by atoms with Gasteiger partial charge >= 0.3 is 0 Å². The number of aromatic nitrogens is 2. The summed E-state index contributed by atoms with van der Waals surface area (Å²) in [4.78, 5) is 5.00. The van der Waals surface area contributed by atoms with E-state index in [1.54, 1.807) is 0 Å². The summed E-state index contributed by atoms with van der Waals surface area (Å²) in [6.07, 6.45) is 1.22. The molecule has 1 unspecified atom stereocenters. The normalized spacial score (nSPS) is 18.9. The molecule has 1 atom stereocenters. The van der Waals surface area contributed by atoms with Crippen molar-refractivity contribution in [1.82, 2.24) is 14.7 Å². The Kier molecular flexibility index (Phi) is 4.47. The SMILES string of the molecule is CCC(C)N1CCN(c2c(CN)c(C)nn2C)CC1. The van der Waals surface area contributed by atoms with Gasteiger partial charge in [-0.1, -0.05) is 6.92 Å². The van der Waals surface area contributed by atoms with E-state index in [0.29, 0.717) is 12.6 Å².